The van der Waals surface area contributed by atoms with Crippen LogP contribution < -0.4 is 5.32 Å². The number of benzene rings is 1. The van der Waals surface area contributed by atoms with Crippen LogP contribution in [0.2, 0.25) is 0 Å². The zero-order chi connectivity index (χ0) is 18.8. The van der Waals surface area contributed by atoms with Crippen molar-refractivity contribution in [2.75, 3.05) is 13.2 Å². The molecular formula is C20H28N4O2. The number of nitrogens with zero attached hydrogens (tertiary/aromatic N) is 3. The van der Waals surface area contributed by atoms with Gasteiger partial charge in [0.25, 0.3) is 0 Å². The summed E-state index contributed by atoms with van der Waals surface area (Å²) in [7, 11) is 0. The Hall–Kier alpha value is -2.18. The van der Waals surface area contributed by atoms with Gasteiger partial charge in [0.05, 0.1) is 24.5 Å². The lowest BCUT2D eigenvalue weighted by molar-refractivity contribution is 0.140. The Labute approximate surface area is 154 Å². The van der Waals surface area contributed by atoms with Crippen LogP contribution in [0.15, 0.2) is 48.0 Å². The molecule has 0 aliphatic carbocycles. The number of imidazole rings is 1. The average molecular weight is 356 g/mol. The molecule has 6 heteroatoms. The predicted octanol–water partition coefficient (Wildman–Crippen LogP) is 2.32. The number of nitrogens with one attached hydrogen (secondary N) is 1. The molecule has 2 N–H and O–H groups in total. The molecule has 6 nitrogen and oxygen atoms in total. The fraction of sp³-hybridized carbons (Fsp3) is 0.500. The van der Waals surface area contributed by atoms with Crippen molar-refractivity contribution in [2.24, 2.45) is 4.99 Å². The third kappa shape index (κ3) is 4.51. The first-order valence-corrected chi connectivity index (χ1v) is 8.98. The highest BCUT2D eigenvalue weighted by molar-refractivity contribution is 5.95. The second-order valence-electron chi connectivity index (χ2n) is 8.01. The lowest BCUT2D eigenvalue weighted by atomic mass is 9.93. The van der Waals surface area contributed by atoms with E-state index in [4.69, 9.17) is 4.74 Å². The molecule has 0 amide bonds. The van der Waals surface area contributed by atoms with E-state index in [1.807, 2.05) is 22.9 Å². The van der Waals surface area contributed by atoms with Gasteiger partial charge in [0.1, 0.15) is 6.61 Å². The van der Waals surface area contributed by atoms with E-state index in [1.54, 1.807) is 12.5 Å². The third-order valence-electron chi connectivity index (χ3n) is 4.58. The van der Waals surface area contributed by atoms with Crippen LogP contribution in [0, 0.1) is 0 Å². The van der Waals surface area contributed by atoms with E-state index in [-0.39, 0.29) is 11.1 Å². The average Bonchev–Trinajstić information content (AvgIpc) is 3.22. The maximum Gasteiger partial charge on any atom is 0.216 e. The lowest BCUT2D eigenvalue weighted by Crippen LogP contribution is -2.42. The topological polar surface area (TPSA) is 71.7 Å². The molecule has 1 aliphatic rings. The van der Waals surface area contributed by atoms with Gasteiger partial charge in [0.15, 0.2) is 0 Å². The Morgan fingerprint density at radius 3 is 2.62 bits per heavy atom. The molecule has 1 unspecified atom stereocenters. The fourth-order valence-electron chi connectivity index (χ4n) is 2.94. The molecule has 2 heterocycles. The minimum absolute atomic E-state index is 0.153. The Morgan fingerprint density at radius 2 is 2.04 bits per heavy atom. The van der Waals surface area contributed by atoms with Gasteiger partial charge in [0.2, 0.25) is 5.90 Å². The van der Waals surface area contributed by atoms with Gasteiger partial charge in [-0.3, -0.25) is 0 Å². The molecule has 0 saturated heterocycles. The molecular weight excluding hydrogens is 328 g/mol. The summed E-state index contributed by atoms with van der Waals surface area (Å²) in [5.74, 6) is 0.711. The molecule has 26 heavy (non-hydrogen) atoms. The summed E-state index contributed by atoms with van der Waals surface area (Å²) in [6.07, 6.45) is 4.79. The second-order valence-corrected chi connectivity index (χ2v) is 8.01. The first-order chi connectivity index (χ1) is 12.3. The van der Waals surface area contributed by atoms with E-state index in [1.165, 1.54) is 0 Å². The first-order valence-electron chi connectivity index (χ1n) is 8.98. The first kappa shape index (κ1) is 18.6. The van der Waals surface area contributed by atoms with Crippen molar-refractivity contribution in [3.63, 3.8) is 0 Å². The van der Waals surface area contributed by atoms with Crippen LogP contribution in [0.4, 0.5) is 0 Å². The Morgan fingerprint density at radius 1 is 1.31 bits per heavy atom. The molecule has 1 aromatic heterocycles. The van der Waals surface area contributed by atoms with Crippen LogP contribution in [0.25, 0.3) is 0 Å². The van der Waals surface area contributed by atoms with E-state index in [0.717, 1.165) is 11.1 Å². The molecule has 0 bridgehead atoms. The summed E-state index contributed by atoms with van der Waals surface area (Å²) in [5, 5.41) is 13.7. The van der Waals surface area contributed by atoms with E-state index in [2.05, 4.69) is 55.1 Å². The Kier molecular flexibility index (Phi) is 5.16. The quantitative estimate of drug-likeness (QED) is 0.799. The second kappa shape index (κ2) is 7.21. The van der Waals surface area contributed by atoms with E-state index < -0.39 is 6.10 Å². The van der Waals surface area contributed by atoms with Crippen molar-refractivity contribution in [2.45, 2.75) is 51.4 Å². The smallest absolute Gasteiger partial charge is 0.216 e. The number of rotatable bonds is 7. The van der Waals surface area contributed by atoms with Crippen molar-refractivity contribution in [1.82, 2.24) is 14.9 Å². The monoisotopic (exact) mass is 356 g/mol. The maximum absolute atomic E-state index is 10.2. The van der Waals surface area contributed by atoms with Crippen LogP contribution in [0.5, 0.6) is 0 Å². The molecule has 0 saturated carbocycles. The third-order valence-corrected chi connectivity index (χ3v) is 4.58. The fourth-order valence-corrected chi connectivity index (χ4v) is 2.94. The van der Waals surface area contributed by atoms with Crippen molar-refractivity contribution >= 4 is 5.90 Å². The van der Waals surface area contributed by atoms with Gasteiger partial charge in [0, 0.05) is 30.0 Å². The molecule has 0 fully saturated rings. The van der Waals surface area contributed by atoms with Gasteiger partial charge in [-0.25, -0.2) is 9.98 Å². The summed E-state index contributed by atoms with van der Waals surface area (Å²) in [4.78, 5) is 8.61. The lowest BCUT2D eigenvalue weighted by Gasteiger charge is -2.28. The molecule has 1 atom stereocenters. The van der Waals surface area contributed by atoms with E-state index >= 15 is 0 Å². The molecule has 0 radical (unpaired) electrons. The molecule has 140 valence electrons. The molecule has 3 rings (SSSR count). The van der Waals surface area contributed by atoms with E-state index in [9.17, 15) is 5.11 Å². The molecule has 2 aromatic rings. The number of hydrogen-bond acceptors (Lipinski definition) is 5. The number of hydrogen-bond donors (Lipinski definition) is 2. The van der Waals surface area contributed by atoms with Crippen molar-refractivity contribution in [3.8, 4) is 0 Å². The van der Waals surface area contributed by atoms with E-state index in [0.29, 0.717) is 25.6 Å². The van der Waals surface area contributed by atoms with Crippen LogP contribution in [0.3, 0.4) is 0 Å². The van der Waals surface area contributed by atoms with Gasteiger partial charge in [-0.15, -0.1) is 0 Å². The zero-order valence-corrected chi connectivity index (χ0v) is 15.9. The maximum atomic E-state index is 10.2. The highest BCUT2D eigenvalue weighted by Gasteiger charge is 2.27. The zero-order valence-electron chi connectivity index (χ0n) is 15.9. The van der Waals surface area contributed by atoms with Crippen LogP contribution >= 0.6 is 0 Å². The van der Waals surface area contributed by atoms with Gasteiger partial charge in [-0.2, -0.15) is 0 Å². The van der Waals surface area contributed by atoms with Crippen LogP contribution in [-0.4, -0.2) is 45.3 Å². The Bertz CT molecular complexity index is 749. The molecule has 0 spiro atoms. The number of aromatic nitrogens is 2. The minimum atomic E-state index is -0.480. The number of aliphatic hydroxyl groups is 1. The standard InChI is InChI=1S/C20H28N4O2/c1-19(2)13-26-18(23-19)15-5-7-16(8-6-15)20(3,4)22-11-17(25)12-24-10-9-21-14-24/h5-10,14,17,22,25H,11-13H2,1-4H3. The minimum Gasteiger partial charge on any atom is -0.475 e. The largest absolute Gasteiger partial charge is 0.475 e. The van der Waals surface area contributed by atoms with Crippen molar-refractivity contribution in [1.29, 1.82) is 0 Å². The van der Waals surface area contributed by atoms with Crippen molar-refractivity contribution in [3.05, 3.63) is 54.1 Å². The normalized spacial score (nSPS) is 17.7. The Balaban J connectivity index is 1.60. The van der Waals surface area contributed by atoms with Crippen molar-refractivity contribution < 1.29 is 9.84 Å². The summed E-state index contributed by atoms with van der Waals surface area (Å²) in [6, 6.07) is 8.26. The summed E-state index contributed by atoms with van der Waals surface area (Å²) in [5.41, 5.74) is 1.73. The number of ether oxygens (including phenoxy) is 1. The molecule has 1 aromatic carbocycles. The van der Waals surface area contributed by atoms with Gasteiger partial charge in [-0.1, -0.05) is 12.1 Å². The van der Waals surface area contributed by atoms with Crippen LogP contribution in [0.1, 0.15) is 38.8 Å². The highest BCUT2D eigenvalue weighted by atomic mass is 16.5. The van der Waals surface area contributed by atoms with Crippen LogP contribution in [-0.2, 0) is 16.8 Å². The van der Waals surface area contributed by atoms with Gasteiger partial charge < -0.3 is 19.7 Å². The summed E-state index contributed by atoms with van der Waals surface area (Å²) >= 11 is 0. The number of aliphatic imine (C=N–C) groups is 1. The highest BCUT2D eigenvalue weighted by Crippen LogP contribution is 2.24. The van der Waals surface area contributed by atoms with Gasteiger partial charge >= 0.3 is 0 Å². The predicted molar refractivity (Wildman–Crippen MR) is 102 cm³/mol. The molecule has 1 aliphatic heterocycles. The SMILES string of the molecule is CC1(C)COC(c2ccc(C(C)(C)NCC(O)Cn3ccnc3)cc2)=N1. The van der Waals surface area contributed by atoms with Gasteiger partial charge in [-0.05, 0) is 45.4 Å². The summed E-state index contributed by atoms with van der Waals surface area (Å²) < 4.78 is 7.58. The summed E-state index contributed by atoms with van der Waals surface area (Å²) in [6.45, 7) is 9.99. The number of aliphatic hydroxyl groups excluding tert-OH is 1.